The molecule has 18 heavy (non-hydrogen) atoms. The van der Waals surface area contributed by atoms with E-state index in [0.717, 1.165) is 5.56 Å². The molecule has 1 aromatic carbocycles. The van der Waals surface area contributed by atoms with Gasteiger partial charge in [0.2, 0.25) is 11.8 Å². The van der Waals surface area contributed by atoms with Crippen molar-refractivity contribution in [3.8, 4) is 0 Å². The van der Waals surface area contributed by atoms with E-state index in [1.807, 2.05) is 6.07 Å². The lowest BCUT2D eigenvalue weighted by Crippen LogP contribution is -2.38. The fourth-order valence-electron chi connectivity index (χ4n) is 1.39. The molecule has 6 nitrogen and oxygen atoms in total. The molecule has 0 aliphatic rings. The molecule has 0 aromatic heterocycles. The molecule has 98 valence electrons. The fourth-order valence-corrected chi connectivity index (χ4v) is 1.39. The van der Waals surface area contributed by atoms with Gasteiger partial charge in [0.1, 0.15) is 0 Å². The normalized spacial score (nSPS) is 13.7. The number of amides is 2. The maximum atomic E-state index is 11.4. The molecular formula is C12H18N4O2. The van der Waals surface area contributed by atoms with Crippen molar-refractivity contribution in [1.82, 2.24) is 0 Å². The van der Waals surface area contributed by atoms with Crippen molar-refractivity contribution in [1.29, 1.82) is 0 Å². The first-order valence-corrected chi connectivity index (χ1v) is 5.60. The SMILES string of the molecule is CC(N)C(=O)Nc1cccc(CC(N)C(N)=O)c1. The predicted molar refractivity (Wildman–Crippen MR) is 69.6 cm³/mol. The van der Waals surface area contributed by atoms with Gasteiger partial charge >= 0.3 is 0 Å². The number of nitrogens with one attached hydrogen (secondary N) is 1. The minimum atomic E-state index is -0.732. The Morgan fingerprint density at radius 1 is 1.33 bits per heavy atom. The van der Waals surface area contributed by atoms with Gasteiger partial charge in [-0.3, -0.25) is 9.59 Å². The van der Waals surface area contributed by atoms with Gasteiger partial charge in [0.05, 0.1) is 12.1 Å². The zero-order valence-corrected chi connectivity index (χ0v) is 10.2. The third-order valence-electron chi connectivity index (χ3n) is 2.43. The van der Waals surface area contributed by atoms with E-state index in [0.29, 0.717) is 12.1 Å². The molecular weight excluding hydrogens is 232 g/mol. The van der Waals surface area contributed by atoms with Gasteiger partial charge in [-0.15, -0.1) is 0 Å². The van der Waals surface area contributed by atoms with E-state index in [-0.39, 0.29) is 5.91 Å². The minimum Gasteiger partial charge on any atom is -0.368 e. The lowest BCUT2D eigenvalue weighted by molar-refractivity contribution is -0.119. The molecule has 0 spiro atoms. The molecule has 7 N–H and O–H groups in total. The van der Waals surface area contributed by atoms with Crippen LogP contribution in [0.25, 0.3) is 0 Å². The Hall–Kier alpha value is -1.92. The first-order chi connectivity index (χ1) is 8.40. The highest BCUT2D eigenvalue weighted by Crippen LogP contribution is 2.12. The molecule has 1 aromatic rings. The van der Waals surface area contributed by atoms with Crippen LogP contribution in [-0.4, -0.2) is 23.9 Å². The van der Waals surface area contributed by atoms with Crippen LogP contribution in [0.1, 0.15) is 12.5 Å². The van der Waals surface area contributed by atoms with Gasteiger partial charge in [0.15, 0.2) is 0 Å². The minimum absolute atomic E-state index is 0.272. The maximum absolute atomic E-state index is 11.4. The van der Waals surface area contributed by atoms with Crippen molar-refractivity contribution in [2.45, 2.75) is 25.4 Å². The summed E-state index contributed by atoms with van der Waals surface area (Å²) in [5, 5.41) is 2.66. The second kappa shape index (κ2) is 6.13. The summed E-state index contributed by atoms with van der Waals surface area (Å²) >= 11 is 0. The first-order valence-electron chi connectivity index (χ1n) is 5.60. The number of benzene rings is 1. The molecule has 0 aliphatic heterocycles. The Labute approximate surface area is 106 Å². The number of primary amides is 1. The van der Waals surface area contributed by atoms with Gasteiger partial charge in [-0.1, -0.05) is 12.1 Å². The molecule has 0 saturated heterocycles. The smallest absolute Gasteiger partial charge is 0.240 e. The first kappa shape index (κ1) is 14.1. The van der Waals surface area contributed by atoms with Crippen LogP contribution >= 0.6 is 0 Å². The Morgan fingerprint density at radius 2 is 2.00 bits per heavy atom. The average Bonchev–Trinajstić information content (AvgIpc) is 2.29. The fraction of sp³-hybridized carbons (Fsp3) is 0.333. The van der Waals surface area contributed by atoms with E-state index in [1.165, 1.54) is 0 Å². The molecule has 0 aliphatic carbocycles. The van der Waals surface area contributed by atoms with E-state index < -0.39 is 18.0 Å². The van der Waals surface area contributed by atoms with Crippen LogP contribution in [0, 0.1) is 0 Å². The molecule has 0 heterocycles. The highest BCUT2D eigenvalue weighted by molar-refractivity contribution is 5.94. The van der Waals surface area contributed by atoms with Gasteiger partial charge < -0.3 is 22.5 Å². The van der Waals surface area contributed by atoms with Crippen LogP contribution in [0.5, 0.6) is 0 Å². The summed E-state index contributed by atoms with van der Waals surface area (Å²) in [6.07, 6.45) is 0.331. The van der Waals surface area contributed by atoms with E-state index in [1.54, 1.807) is 25.1 Å². The largest absolute Gasteiger partial charge is 0.368 e. The molecule has 2 atom stereocenters. The number of carbonyl (C=O) groups excluding carboxylic acids is 2. The third kappa shape index (κ3) is 4.15. The average molecular weight is 250 g/mol. The number of rotatable bonds is 5. The number of hydrogen-bond acceptors (Lipinski definition) is 4. The summed E-state index contributed by atoms with van der Waals surface area (Å²) in [5.74, 6) is -0.827. The number of nitrogens with two attached hydrogens (primary N) is 3. The predicted octanol–water partition coefficient (Wildman–Crippen LogP) is -0.673. The Bertz CT molecular complexity index is 445. The second-order valence-corrected chi connectivity index (χ2v) is 4.19. The lowest BCUT2D eigenvalue weighted by atomic mass is 10.1. The van der Waals surface area contributed by atoms with Crippen molar-refractivity contribution in [3.63, 3.8) is 0 Å². The maximum Gasteiger partial charge on any atom is 0.240 e. The van der Waals surface area contributed by atoms with Crippen LogP contribution in [0.2, 0.25) is 0 Å². The van der Waals surface area contributed by atoms with Crippen LogP contribution in [-0.2, 0) is 16.0 Å². The highest BCUT2D eigenvalue weighted by atomic mass is 16.2. The Balaban J connectivity index is 2.73. The molecule has 2 unspecified atom stereocenters. The Kier molecular flexibility index (Phi) is 4.82. The van der Waals surface area contributed by atoms with Crippen LogP contribution in [0.4, 0.5) is 5.69 Å². The highest BCUT2D eigenvalue weighted by Gasteiger charge is 2.11. The summed E-state index contributed by atoms with van der Waals surface area (Å²) in [6.45, 7) is 1.60. The molecule has 0 bridgehead atoms. The second-order valence-electron chi connectivity index (χ2n) is 4.19. The zero-order chi connectivity index (χ0) is 13.7. The van der Waals surface area contributed by atoms with Gasteiger partial charge in [-0.25, -0.2) is 0 Å². The van der Waals surface area contributed by atoms with Crippen molar-refractivity contribution >= 4 is 17.5 Å². The number of anilines is 1. The topological polar surface area (TPSA) is 124 Å². The van der Waals surface area contributed by atoms with E-state index >= 15 is 0 Å². The molecule has 0 radical (unpaired) electrons. The van der Waals surface area contributed by atoms with Gasteiger partial charge in [-0.2, -0.15) is 0 Å². The van der Waals surface area contributed by atoms with Gasteiger partial charge in [-0.05, 0) is 31.0 Å². The summed E-state index contributed by atoms with van der Waals surface area (Å²) in [4.78, 5) is 22.3. The summed E-state index contributed by atoms with van der Waals surface area (Å²) in [5.41, 5.74) is 17.5. The van der Waals surface area contributed by atoms with Gasteiger partial charge in [0.25, 0.3) is 0 Å². The summed E-state index contributed by atoms with van der Waals surface area (Å²) in [6, 6.07) is 5.73. The monoisotopic (exact) mass is 250 g/mol. The summed E-state index contributed by atoms with van der Waals surface area (Å²) in [7, 11) is 0. The lowest BCUT2D eigenvalue weighted by Gasteiger charge is -2.11. The zero-order valence-electron chi connectivity index (χ0n) is 10.2. The van der Waals surface area contributed by atoms with E-state index in [9.17, 15) is 9.59 Å². The van der Waals surface area contributed by atoms with Crippen molar-refractivity contribution in [3.05, 3.63) is 29.8 Å². The van der Waals surface area contributed by atoms with Crippen LogP contribution in [0.3, 0.4) is 0 Å². The molecule has 6 heteroatoms. The third-order valence-corrected chi connectivity index (χ3v) is 2.43. The van der Waals surface area contributed by atoms with Crippen molar-refractivity contribution < 1.29 is 9.59 Å². The number of hydrogen-bond donors (Lipinski definition) is 4. The van der Waals surface area contributed by atoms with Crippen molar-refractivity contribution in [2.24, 2.45) is 17.2 Å². The Morgan fingerprint density at radius 3 is 2.56 bits per heavy atom. The molecule has 0 fully saturated rings. The van der Waals surface area contributed by atoms with Crippen LogP contribution < -0.4 is 22.5 Å². The summed E-state index contributed by atoms with van der Waals surface area (Å²) < 4.78 is 0. The van der Waals surface area contributed by atoms with Crippen molar-refractivity contribution in [2.75, 3.05) is 5.32 Å². The molecule has 0 saturated carbocycles. The standard InChI is InChI=1S/C12H18N4O2/c1-7(13)12(18)16-9-4-2-3-8(5-9)6-10(14)11(15)17/h2-5,7,10H,6,13-14H2,1H3,(H2,15,17)(H,16,18). The molecule has 1 rings (SSSR count). The van der Waals surface area contributed by atoms with Crippen LogP contribution in [0.15, 0.2) is 24.3 Å². The quantitative estimate of drug-likeness (QED) is 0.553. The number of carbonyl (C=O) groups is 2. The van der Waals surface area contributed by atoms with E-state index in [2.05, 4.69) is 5.32 Å². The molecule has 2 amide bonds. The van der Waals surface area contributed by atoms with E-state index in [4.69, 9.17) is 17.2 Å². The van der Waals surface area contributed by atoms with Gasteiger partial charge in [0, 0.05) is 5.69 Å².